The number of hydrogen-bond donors (Lipinski definition) is 1. The number of piperidine rings is 1. The first-order valence-corrected chi connectivity index (χ1v) is 9.26. The van der Waals surface area contributed by atoms with E-state index in [4.69, 9.17) is 0 Å². The van der Waals surface area contributed by atoms with Gasteiger partial charge in [-0.3, -0.25) is 24.8 Å². The van der Waals surface area contributed by atoms with Gasteiger partial charge in [-0.05, 0) is 37.7 Å². The zero-order valence-corrected chi connectivity index (χ0v) is 14.7. The normalized spacial score (nSPS) is 23.0. The Morgan fingerprint density at radius 3 is 2.93 bits per heavy atom. The largest absolute Gasteiger partial charge is 0.336 e. The quantitative estimate of drug-likeness (QED) is 0.632. The first-order valence-electron chi connectivity index (χ1n) is 9.26. The molecule has 2 bridgehead atoms. The monoisotopic (exact) mass is 369 g/mol. The molecule has 0 spiro atoms. The SMILES string of the molecule is O=C(c1n[nH]c2c1CCC2)N1C[C@H]2C[C@@H](C1)c1ccc([N+](=O)[O-])c(=O)n1C2. The predicted octanol–water partition coefficient (Wildman–Crippen LogP) is 1.23. The minimum absolute atomic E-state index is 0.0157. The van der Waals surface area contributed by atoms with Crippen LogP contribution >= 0.6 is 0 Å². The Labute approximate surface area is 154 Å². The highest BCUT2D eigenvalue weighted by Gasteiger charge is 2.39. The van der Waals surface area contributed by atoms with Crippen molar-refractivity contribution in [1.82, 2.24) is 19.7 Å². The molecule has 1 N–H and O–H groups in total. The highest BCUT2D eigenvalue weighted by Crippen LogP contribution is 2.36. The number of nitrogens with one attached hydrogen (secondary N) is 1. The summed E-state index contributed by atoms with van der Waals surface area (Å²) >= 11 is 0. The molecule has 4 heterocycles. The number of nitro groups is 1. The number of fused-ring (bicyclic) bond motifs is 5. The molecule has 0 aromatic carbocycles. The molecule has 0 unspecified atom stereocenters. The number of amides is 1. The second kappa shape index (κ2) is 5.77. The number of carbonyl (C=O) groups is 1. The average molecular weight is 369 g/mol. The third-order valence-corrected chi connectivity index (χ3v) is 6.08. The summed E-state index contributed by atoms with van der Waals surface area (Å²) < 4.78 is 1.53. The summed E-state index contributed by atoms with van der Waals surface area (Å²) in [6.45, 7) is 1.47. The predicted molar refractivity (Wildman–Crippen MR) is 94.7 cm³/mol. The Hall–Kier alpha value is -2.97. The highest BCUT2D eigenvalue weighted by molar-refractivity contribution is 5.94. The van der Waals surface area contributed by atoms with Gasteiger partial charge in [0.2, 0.25) is 0 Å². The summed E-state index contributed by atoms with van der Waals surface area (Å²) in [5.74, 6) is 0.0793. The summed E-state index contributed by atoms with van der Waals surface area (Å²) in [7, 11) is 0. The second-order valence-electron chi connectivity index (χ2n) is 7.71. The topological polar surface area (TPSA) is 114 Å². The molecule has 9 heteroatoms. The van der Waals surface area contributed by atoms with Crippen molar-refractivity contribution in [1.29, 1.82) is 0 Å². The maximum atomic E-state index is 13.1. The lowest BCUT2D eigenvalue weighted by Crippen LogP contribution is -2.49. The summed E-state index contributed by atoms with van der Waals surface area (Å²) in [6.07, 6.45) is 3.76. The van der Waals surface area contributed by atoms with Crippen LogP contribution < -0.4 is 5.56 Å². The molecule has 1 amide bonds. The number of carbonyl (C=O) groups excluding carboxylic acids is 1. The van der Waals surface area contributed by atoms with Crippen molar-refractivity contribution < 1.29 is 9.72 Å². The maximum Gasteiger partial charge on any atom is 0.334 e. The van der Waals surface area contributed by atoms with Crippen LogP contribution in [0.1, 0.15) is 46.2 Å². The molecule has 2 aromatic rings. The van der Waals surface area contributed by atoms with Crippen molar-refractivity contribution in [2.24, 2.45) is 5.92 Å². The number of aromatic nitrogens is 3. The van der Waals surface area contributed by atoms with Gasteiger partial charge >= 0.3 is 11.2 Å². The van der Waals surface area contributed by atoms with Crippen LogP contribution in [0.15, 0.2) is 16.9 Å². The van der Waals surface area contributed by atoms with E-state index in [1.54, 1.807) is 6.07 Å². The number of nitrogens with zero attached hydrogens (tertiary/aromatic N) is 4. The van der Waals surface area contributed by atoms with Crippen LogP contribution in [-0.4, -0.2) is 43.6 Å². The summed E-state index contributed by atoms with van der Waals surface area (Å²) in [5.41, 5.74) is 2.49. The fraction of sp³-hybridized carbons (Fsp3) is 0.500. The minimum atomic E-state index is -0.631. The fourth-order valence-electron chi connectivity index (χ4n) is 4.89. The second-order valence-corrected chi connectivity index (χ2v) is 7.71. The number of H-pyrrole nitrogens is 1. The van der Waals surface area contributed by atoms with Gasteiger partial charge in [-0.15, -0.1) is 0 Å². The van der Waals surface area contributed by atoms with Crippen LogP contribution in [0.25, 0.3) is 0 Å². The van der Waals surface area contributed by atoms with Crippen LogP contribution in [0.4, 0.5) is 5.69 Å². The molecule has 9 nitrogen and oxygen atoms in total. The summed E-state index contributed by atoms with van der Waals surface area (Å²) in [4.78, 5) is 37.8. The van der Waals surface area contributed by atoms with Crippen LogP contribution in [-0.2, 0) is 19.4 Å². The molecule has 2 aliphatic heterocycles. The Bertz CT molecular complexity index is 1020. The zero-order chi connectivity index (χ0) is 18.7. The van der Waals surface area contributed by atoms with E-state index in [0.29, 0.717) is 25.3 Å². The third kappa shape index (κ3) is 2.41. The van der Waals surface area contributed by atoms with Crippen LogP contribution in [0, 0.1) is 16.0 Å². The van der Waals surface area contributed by atoms with Crippen LogP contribution in [0.2, 0.25) is 0 Å². The highest BCUT2D eigenvalue weighted by atomic mass is 16.6. The van der Waals surface area contributed by atoms with Gasteiger partial charge in [-0.25, -0.2) is 0 Å². The molecule has 1 fully saturated rings. The van der Waals surface area contributed by atoms with E-state index in [-0.39, 0.29) is 17.7 Å². The van der Waals surface area contributed by atoms with Gasteiger partial charge in [-0.2, -0.15) is 5.10 Å². The number of rotatable bonds is 2. The van der Waals surface area contributed by atoms with Crippen molar-refractivity contribution in [2.45, 2.75) is 38.1 Å². The van der Waals surface area contributed by atoms with Gasteiger partial charge in [0.05, 0.1) is 4.92 Å². The summed E-state index contributed by atoms with van der Waals surface area (Å²) in [6, 6.07) is 2.95. The third-order valence-electron chi connectivity index (χ3n) is 6.08. The van der Waals surface area contributed by atoms with Gasteiger partial charge < -0.3 is 9.47 Å². The summed E-state index contributed by atoms with van der Waals surface area (Å²) in [5, 5.41) is 18.3. The van der Waals surface area contributed by atoms with Crippen molar-refractivity contribution in [2.75, 3.05) is 13.1 Å². The average Bonchev–Trinajstić information content (AvgIpc) is 3.25. The molecular formula is C18H19N5O4. The zero-order valence-electron chi connectivity index (χ0n) is 14.7. The lowest BCUT2D eigenvalue weighted by atomic mass is 9.83. The van der Waals surface area contributed by atoms with E-state index in [0.717, 1.165) is 42.6 Å². The van der Waals surface area contributed by atoms with E-state index in [2.05, 4.69) is 10.2 Å². The van der Waals surface area contributed by atoms with Gasteiger partial charge in [0.15, 0.2) is 5.69 Å². The first kappa shape index (κ1) is 16.2. The molecule has 2 atom stereocenters. The molecule has 1 saturated heterocycles. The van der Waals surface area contributed by atoms with E-state index in [1.807, 2.05) is 4.90 Å². The van der Waals surface area contributed by atoms with Gasteiger partial charge in [0.1, 0.15) is 0 Å². The van der Waals surface area contributed by atoms with E-state index in [1.165, 1.54) is 10.6 Å². The molecule has 2 aromatic heterocycles. The maximum absolute atomic E-state index is 13.1. The first-order chi connectivity index (χ1) is 13.0. The molecular weight excluding hydrogens is 350 g/mol. The smallest absolute Gasteiger partial charge is 0.334 e. The van der Waals surface area contributed by atoms with Gasteiger partial charge in [0.25, 0.3) is 5.91 Å². The molecule has 5 rings (SSSR count). The molecule has 0 saturated carbocycles. The number of likely N-dealkylation sites (tertiary alicyclic amines) is 1. The fourth-order valence-corrected chi connectivity index (χ4v) is 4.89. The Morgan fingerprint density at radius 2 is 2.11 bits per heavy atom. The van der Waals surface area contributed by atoms with Gasteiger partial charge in [0, 0.05) is 48.6 Å². The Balaban J connectivity index is 1.46. The Morgan fingerprint density at radius 1 is 1.26 bits per heavy atom. The lowest BCUT2D eigenvalue weighted by Gasteiger charge is -2.42. The molecule has 0 radical (unpaired) electrons. The Kier molecular flexibility index (Phi) is 3.46. The standard InChI is InChI=1S/C18H19N5O4/c24-17-15(23(26)27)5-4-14-11-6-10(8-22(14)17)7-21(9-11)18(25)16-12-2-1-3-13(12)19-20-16/h4-5,10-11H,1-3,6-9H2,(H,19,20)/t10-,11+/m1/s1. The van der Waals surface area contributed by atoms with Crippen molar-refractivity contribution in [3.63, 3.8) is 0 Å². The lowest BCUT2D eigenvalue weighted by molar-refractivity contribution is -0.386. The number of aryl methyl sites for hydroxylation is 1. The van der Waals surface area contributed by atoms with Gasteiger partial charge in [-0.1, -0.05) is 0 Å². The molecule has 1 aliphatic carbocycles. The number of pyridine rings is 1. The van der Waals surface area contributed by atoms with Crippen molar-refractivity contribution >= 4 is 11.6 Å². The molecule has 140 valence electrons. The van der Waals surface area contributed by atoms with Crippen molar-refractivity contribution in [3.8, 4) is 0 Å². The van der Waals surface area contributed by atoms with Crippen LogP contribution in [0.5, 0.6) is 0 Å². The number of hydrogen-bond acceptors (Lipinski definition) is 5. The van der Waals surface area contributed by atoms with E-state index >= 15 is 0 Å². The van der Waals surface area contributed by atoms with Crippen LogP contribution in [0.3, 0.4) is 0 Å². The minimum Gasteiger partial charge on any atom is -0.336 e. The number of aromatic amines is 1. The molecule has 3 aliphatic rings. The van der Waals surface area contributed by atoms with E-state index in [9.17, 15) is 19.7 Å². The van der Waals surface area contributed by atoms with Crippen molar-refractivity contribution in [3.05, 3.63) is 55.2 Å². The molecule has 27 heavy (non-hydrogen) atoms. The van der Waals surface area contributed by atoms with E-state index < -0.39 is 16.2 Å².